The smallest absolute Gasteiger partial charge is 0.317 e. The number of carboxylic acid groups (broad SMARTS) is 1. The summed E-state index contributed by atoms with van der Waals surface area (Å²) in [7, 11) is 0. The van der Waals surface area contributed by atoms with Crippen molar-refractivity contribution < 1.29 is 14.7 Å². The van der Waals surface area contributed by atoms with Crippen molar-refractivity contribution in [2.45, 2.75) is 39.0 Å². The van der Waals surface area contributed by atoms with E-state index >= 15 is 0 Å². The molecule has 0 radical (unpaired) electrons. The van der Waals surface area contributed by atoms with E-state index in [1.807, 2.05) is 4.90 Å². The van der Waals surface area contributed by atoms with Crippen LogP contribution in [-0.2, 0) is 4.79 Å². The number of rotatable bonds is 7. The van der Waals surface area contributed by atoms with Gasteiger partial charge in [-0.05, 0) is 31.7 Å². The van der Waals surface area contributed by atoms with Crippen molar-refractivity contribution in [1.29, 1.82) is 0 Å². The monoisotopic (exact) mass is 285 g/mol. The largest absolute Gasteiger partial charge is 0.481 e. The number of nitrogens with one attached hydrogen (secondary N) is 2. The minimum atomic E-state index is -0.746. The van der Waals surface area contributed by atoms with Gasteiger partial charge in [-0.1, -0.05) is 13.3 Å². The first-order chi connectivity index (χ1) is 9.63. The molecule has 1 aliphatic rings. The highest BCUT2D eigenvalue weighted by Gasteiger charge is 2.15. The summed E-state index contributed by atoms with van der Waals surface area (Å²) in [6.07, 6.45) is 3.70. The standard InChI is InChI=1S/C14H27N3O3/c1-2-12(4-5-13(18)19)6-8-16-14(20)17-10-3-7-15-9-11-17/h12,15H,2-11H2,1H3,(H,16,20)(H,18,19). The maximum absolute atomic E-state index is 12.0. The number of amides is 2. The Morgan fingerprint density at radius 1 is 1.30 bits per heavy atom. The van der Waals surface area contributed by atoms with Gasteiger partial charge in [-0.15, -0.1) is 0 Å². The Kier molecular flexibility index (Phi) is 8.02. The van der Waals surface area contributed by atoms with Gasteiger partial charge in [-0.3, -0.25) is 4.79 Å². The van der Waals surface area contributed by atoms with E-state index in [4.69, 9.17) is 5.11 Å². The molecule has 6 heteroatoms. The van der Waals surface area contributed by atoms with E-state index in [1.165, 1.54) is 0 Å². The van der Waals surface area contributed by atoms with E-state index in [0.29, 0.717) is 18.9 Å². The third-order valence-electron chi connectivity index (χ3n) is 3.80. The fourth-order valence-corrected chi connectivity index (χ4v) is 2.42. The molecule has 6 nitrogen and oxygen atoms in total. The van der Waals surface area contributed by atoms with Gasteiger partial charge in [0.25, 0.3) is 0 Å². The Balaban J connectivity index is 2.20. The number of carboxylic acids is 1. The summed E-state index contributed by atoms with van der Waals surface area (Å²) in [6, 6.07) is 0.00166. The molecular weight excluding hydrogens is 258 g/mol. The zero-order valence-corrected chi connectivity index (χ0v) is 12.4. The van der Waals surface area contributed by atoms with Crippen molar-refractivity contribution >= 4 is 12.0 Å². The Bertz CT molecular complexity index is 302. The molecular formula is C14H27N3O3. The van der Waals surface area contributed by atoms with Crippen LogP contribution in [0.5, 0.6) is 0 Å². The molecule has 0 aromatic carbocycles. The topological polar surface area (TPSA) is 81.7 Å². The fourth-order valence-electron chi connectivity index (χ4n) is 2.42. The molecule has 1 saturated heterocycles. The maximum atomic E-state index is 12.0. The zero-order valence-electron chi connectivity index (χ0n) is 12.4. The highest BCUT2D eigenvalue weighted by atomic mass is 16.4. The van der Waals surface area contributed by atoms with Crippen LogP contribution in [0, 0.1) is 5.92 Å². The van der Waals surface area contributed by atoms with Gasteiger partial charge >= 0.3 is 12.0 Å². The number of nitrogens with zero attached hydrogens (tertiary/aromatic N) is 1. The van der Waals surface area contributed by atoms with Crippen LogP contribution in [0.2, 0.25) is 0 Å². The highest BCUT2D eigenvalue weighted by molar-refractivity contribution is 5.74. The van der Waals surface area contributed by atoms with Crippen LogP contribution >= 0.6 is 0 Å². The Labute approximate surface area is 120 Å². The summed E-state index contributed by atoms with van der Waals surface area (Å²) in [5.74, 6) is -0.373. The lowest BCUT2D eigenvalue weighted by molar-refractivity contribution is -0.137. The lowest BCUT2D eigenvalue weighted by Crippen LogP contribution is -2.42. The average molecular weight is 285 g/mol. The van der Waals surface area contributed by atoms with E-state index in [-0.39, 0.29) is 12.5 Å². The van der Waals surface area contributed by atoms with E-state index in [0.717, 1.165) is 45.4 Å². The van der Waals surface area contributed by atoms with Crippen molar-refractivity contribution in [3.63, 3.8) is 0 Å². The molecule has 1 unspecified atom stereocenters. The second-order valence-corrected chi connectivity index (χ2v) is 5.32. The van der Waals surface area contributed by atoms with Crippen molar-refractivity contribution in [3.05, 3.63) is 0 Å². The van der Waals surface area contributed by atoms with E-state index in [1.54, 1.807) is 0 Å². The molecule has 116 valence electrons. The molecule has 1 heterocycles. The molecule has 0 aromatic rings. The average Bonchev–Trinajstić information content (AvgIpc) is 2.71. The first-order valence-corrected chi connectivity index (χ1v) is 7.58. The van der Waals surface area contributed by atoms with Gasteiger partial charge in [0.1, 0.15) is 0 Å². The summed E-state index contributed by atoms with van der Waals surface area (Å²) in [5.41, 5.74) is 0. The quantitative estimate of drug-likeness (QED) is 0.658. The molecule has 0 bridgehead atoms. The molecule has 3 N–H and O–H groups in total. The minimum Gasteiger partial charge on any atom is -0.481 e. The molecule has 1 aliphatic heterocycles. The second kappa shape index (κ2) is 9.58. The van der Waals surface area contributed by atoms with Gasteiger partial charge in [0.2, 0.25) is 0 Å². The van der Waals surface area contributed by atoms with E-state index < -0.39 is 5.97 Å². The zero-order chi connectivity index (χ0) is 14.8. The van der Waals surface area contributed by atoms with E-state index in [9.17, 15) is 9.59 Å². The van der Waals surface area contributed by atoms with Crippen LogP contribution in [0.4, 0.5) is 4.79 Å². The SMILES string of the molecule is CCC(CCNC(=O)N1CCCNCC1)CCC(=O)O. The van der Waals surface area contributed by atoms with Crippen LogP contribution < -0.4 is 10.6 Å². The molecule has 2 amide bonds. The second-order valence-electron chi connectivity index (χ2n) is 5.32. The Hall–Kier alpha value is -1.30. The summed E-state index contributed by atoms with van der Waals surface area (Å²) in [5, 5.41) is 14.9. The number of hydrogen-bond acceptors (Lipinski definition) is 3. The third kappa shape index (κ3) is 6.75. The summed E-state index contributed by atoms with van der Waals surface area (Å²) >= 11 is 0. The highest BCUT2D eigenvalue weighted by Crippen LogP contribution is 2.14. The Morgan fingerprint density at radius 2 is 2.10 bits per heavy atom. The molecule has 0 saturated carbocycles. The van der Waals surface area contributed by atoms with Crippen molar-refractivity contribution in [1.82, 2.24) is 15.5 Å². The molecule has 0 aromatic heterocycles. The molecule has 1 fully saturated rings. The fraction of sp³-hybridized carbons (Fsp3) is 0.857. The number of carbonyl (C=O) groups is 2. The molecule has 0 spiro atoms. The van der Waals surface area contributed by atoms with Crippen LogP contribution in [-0.4, -0.2) is 54.7 Å². The molecule has 1 atom stereocenters. The molecule has 20 heavy (non-hydrogen) atoms. The summed E-state index contributed by atoms with van der Waals surface area (Å²) in [6.45, 7) is 6.06. The Morgan fingerprint density at radius 3 is 2.80 bits per heavy atom. The van der Waals surface area contributed by atoms with Crippen LogP contribution in [0.15, 0.2) is 0 Å². The van der Waals surface area contributed by atoms with E-state index in [2.05, 4.69) is 17.6 Å². The van der Waals surface area contributed by atoms with Gasteiger partial charge in [0, 0.05) is 32.6 Å². The number of urea groups is 1. The van der Waals surface area contributed by atoms with Crippen molar-refractivity contribution in [2.75, 3.05) is 32.7 Å². The van der Waals surface area contributed by atoms with Gasteiger partial charge in [-0.2, -0.15) is 0 Å². The van der Waals surface area contributed by atoms with Crippen LogP contribution in [0.3, 0.4) is 0 Å². The minimum absolute atomic E-state index is 0.00166. The number of aliphatic carboxylic acids is 1. The lowest BCUT2D eigenvalue weighted by atomic mass is 9.97. The number of carbonyl (C=O) groups excluding carboxylic acids is 1. The predicted octanol–water partition coefficient (Wildman–Crippen LogP) is 1.27. The molecule has 1 rings (SSSR count). The summed E-state index contributed by atoms with van der Waals surface area (Å²) in [4.78, 5) is 24.4. The normalized spacial score (nSPS) is 17.4. The predicted molar refractivity (Wildman–Crippen MR) is 77.7 cm³/mol. The first-order valence-electron chi connectivity index (χ1n) is 7.58. The summed E-state index contributed by atoms with van der Waals surface area (Å²) < 4.78 is 0. The van der Waals surface area contributed by atoms with Gasteiger partial charge in [-0.25, -0.2) is 4.79 Å². The van der Waals surface area contributed by atoms with Gasteiger partial charge in [0.05, 0.1) is 0 Å². The van der Waals surface area contributed by atoms with Crippen molar-refractivity contribution in [2.24, 2.45) is 5.92 Å². The van der Waals surface area contributed by atoms with Crippen LogP contribution in [0.1, 0.15) is 39.0 Å². The van der Waals surface area contributed by atoms with Gasteiger partial charge in [0.15, 0.2) is 0 Å². The van der Waals surface area contributed by atoms with Gasteiger partial charge < -0.3 is 20.6 Å². The third-order valence-corrected chi connectivity index (χ3v) is 3.80. The first kappa shape index (κ1) is 16.8. The number of hydrogen-bond donors (Lipinski definition) is 3. The van der Waals surface area contributed by atoms with Crippen LogP contribution in [0.25, 0.3) is 0 Å². The maximum Gasteiger partial charge on any atom is 0.317 e. The van der Waals surface area contributed by atoms with Crippen molar-refractivity contribution in [3.8, 4) is 0 Å². The lowest BCUT2D eigenvalue weighted by Gasteiger charge is -2.21. The molecule has 0 aliphatic carbocycles.